The van der Waals surface area contributed by atoms with Gasteiger partial charge in [0.15, 0.2) is 0 Å². The maximum atomic E-state index is 11.9. The zero-order valence-corrected chi connectivity index (χ0v) is 14.1. The molecule has 0 saturated heterocycles. The van der Waals surface area contributed by atoms with Crippen molar-refractivity contribution >= 4 is 23.1 Å². The maximum absolute atomic E-state index is 11.9. The number of oxime groups is 1. The van der Waals surface area contributed by atoms with Crippen molar-refractivity contribution in [2.75, 3.05) is 0 Å². The van der Waals surface area contributed by atoms with Crippen molar-refractivity contribution in [1.82, 2.24) is 0 Å². The van der Waals surface area contributed by atoms with Crippen molar-refractivity contribution in [3.05, 3.63) is 68.1 Å². The van der Waals surface area contributed by atoms with Crippen molar-refractivity contribution in [1.29, 1.82) is 0 Å². The third kappa shape index (κ3) is 4.00. The second-order valence-electron chi connectivity index (χ2n) is 5.99. The second-order valence-corrected chi connectivity index (χ2v) is 5.99. The van der Waals surface area contributed by atoms with Gasteiger partial charge in [0.2, 0.25) is 5.76 Å². The third-order valence-electron chi connectivity index (χ3n) is 4.34. The van der Waals surface area contributed by atoms with E-state index in [1.54, 1.807) is 0 Å². The van der Waals surface area contributed by atoms with E-state index in [1.807, 2.05) is 0 Å². The molecular weight excluding hydrogens is 358 g/mol. The number of hydrogen-bond acceptors (Lipinski definition) is 8. The summed E-state index contributed by atoms with van der Waals surface area (Å²) in [7, 11) is 0. The summed E-state index contributed by atoms with van der Waals surface area (Å²) in [4.78, 5) is 37.8. The highest BCUT2D eigenvalue weighted by Gasteiger charge is 2.31. The largest absolute Gasteiger partial charge is 0.457 e. The quantitative estimate of drug-likeness (QED) is 0.439. The van der Waals surface area contributed by atoms with Gasteiger partial charge in [-0.3, -0.25) is 20.2 Å². The lowest BCUT2D eigenvalue weighted by molar-refractivity contribution is -0.394. The number of nitro groups is 2. The summed E-state index contributed by atoms with van der Waals surface area (Å²) in [5.74, 6) is -1.23. The molecule has 1 unspecified atom stereocenters. The molecule has 1 aromatic heterocycles. The lowest BCUT2D eigenvalue weighted by atomic mass is 9.81. The van der Waals surface area contributed by atoms with E-state index in [4.69, 9.17) is 9.25 Å². The van der Waals surface area contributed by atoms with E-state index in [0.29, 0.717) is 24.1 Å². The number of carbonyl (C=O) groups is 1. The van der Waals surface area contributed by atoms with Gasteiger partial charge in [-0.15, -0.1) is 0 Å². The molecular formula is C17H15N3O7. The SMILES string of the molecule is O=C(ON=C1CCCCC1c1ccc([N+](=O)[O-])cc1[N+](=O)[O-])c1ccco1. The van der Waals surface area contributed by atoms with Gasteiger partial charge in [-0.25, -0.2) is 4.79 Å². The van der Waals surface area contributed by atoms with Crippen LogP contribution in [0.15, 0.2) is 46.2 Å². The Morgan fingerprint density at radius 1 is 1.19 bits per heavy atom. The number of nitrogens with zero attached hydrogens (tertiary/aromatic N) is 3. The van der Waals surface area contributed by atoms with Crippen LogP contribution in [0.2, 0.25) is 0 Å². The highest BCUT2D eigenvalue weighted by molar-refractivity contribution is 5.93. The fourth-order valence-electron chi connectivity index (χ4n) is 3.08. The van der Waals surface area contributed by atoms with Crippen LogP contribution in [0.5, 0.6) is 0 Å². The lowest BCUT2D eigenvalue weighted by Crippen LogP contribution is -2.20. The van der Waals surface area contributed by atoms with Crippen LogP contribution in [0.25, 0.3) is 0 Å². The van der Waals surface area contributed by atoms with Gasteiger partial charge in [0, 0.05) is 17.5 Å². The molecule has 0 aliphatic heterocycles. The molecule has 3 rings (SSSR count). The average molecular weight is 373 g/mol. The molecule has 1 aliphatic carbocycles. The van der Waals surface area contributed by atoms with Gasteiger partial charge in [-0.05, 0) is 37.5 Å². The molecule has 10 nitrogen and oxygen atoms in total. The van der Waals surface area contributed by atoms with E-state index >= 15 is 0 Å². The highest BCUT2D eigenvalue weighted by atomic mass is 16.7. The van der Waals surface area contributed by atoms with E-state index in [2.05, 4.69) is 5.16 Å². The van der Waals surface area contributed by atoms with Crippen LogP contribution in [0, 0.1) is 20.2 Å². The molecule has 1 fully saturated rings. The number of furan rings is 1. The summed E-state index contributed by atoms with van der Waals surface area (Å²) in [6, 6.07) is 6.51. The molecule has 2 aromatic rings. The van der Waals surface area contributed by atoms with Crippen LogP contribution in [0.1, 0.15) is 47.7 Å². The molecule has 1 aliphatic rings. The summed E-state index contributed by atoms with van der Waals surface area (Å²) >= 11 is 0. The molecule has 0 N–H and O–H groups in total. The number of hydrogen-bond donors (Lipinski definition) is 0. The number of non-ortho nitro benzene ring substituents is 1. The first-order chi connectivity index (χ1) is 13.0. The minimum absolute atomic E-state index is 0.00646. The summed E-state index contributed by atoms with van der Waals surface area (Å²) < 4.78 is 4.94. The predicted octanol–water partition coefficient (Wildman–Crippen LogP) is 3.97. The summed E-state index contributed by atoms with van der Waals surface area (Å²) in [5, 5.41) is 26.2. The van der Waals surface area contributed by atoms with Crippen LogP contribution in [-0.2, 0) is 4.84 Å². The lowest BCUT2D eigenvalue weighted by Gasteiger charge is -2.23. The molecule has 1 aromatic carbocycles. The standard InChI is InChI=1S/C17H15N3O7/c21-17(16-6-3-9-26-16)27-18-14-5-2-1-4-12(14)13-8-7-11(19(22)23)10-15(13)20(24)25/h3,6-10,12H,1-2,4-5H2. The van der Waals surface area contributed by atoms with Crippen LogP contribution in [-0.4, -0.2) is 21.5 Å². The Morgan fingerprint density at radius 2 is 2.00 bits per heavy atom. The van der Waals surface area contributed by atoms with E-state index in [0.717, 1.165) is 18.9 Å². The minimum Gasteiger partial charge on any atom is -0.457 e. The topological polar surface area (TPSA) is 138 Å². The van der Waals surface area contributed by atoms with Gasteiger partial charge in [0.05, 0.1) is 27.9 Å². The van der Waals surface area contributed by atoms with Gasteiger partial charge in [-0.1, -0.05) is 11.6 Å². The Balaban J connectivity index is 1.91. The van der Waals surface area contributed by atoms with E-state index < -0.39 is 21.7 Å². The van der Waals surface area contributed by atoms with E-state index in [1.165, 1.54) is 30.5 Å². The Morgan fingerprint density at radius 3 is 2.67 bits per heavy atom. The Hall–Kier alpha value is -3.56. The number of nitro benzene ring substituents is 2. The fourth-order valence-corrected chi connectivity index (χ4v) is 3.08. The van der Waals surface area contributed by atoms with Crippen molar-refractivity contribution in [3.63, 3.8) is 0 Å². The molecule has 1 heterocycles. The molecule has 0 radical (unpaired) electrons. The average Bonchev–Trinajstić information content (AvgIpc) is 3.20. The zero-order chi connectivity index (χ0) is 19.4. The molecule has 10 heteroatoms. The van der Waals surface area contributed by atoms with Crippen molar-refractivity contribution < 1.29 is 23.9 Å². The molecule has 1 saturated carbocycles. The Labute approximate surface area is 152 Å². The molecule has 140 valence electrons. The Kier molecular flexibility index (Phi) is 5.25. The van der Waals surface area contributed by atoms with Crippen molar-refractivity contribution in [2.24, 2.45) is 5.16 Å². The monoisotopic (exact) mass is 373 g/mol. The molecule has 1 atom stereocenters. The van der Waals surface area contributed by atoms with Gasteiger partial charge in [0.25, 0.3) is 11.4 Å². The van der Waals surface area contributed by atoms with Gasteiger partial charge >= 0.3 is 5.97 Å². The molecule has 0 spiro atoms. The number of rotatable bonds is 5. The number of benzene rings is 1. The third-order valence-corrected chi connectivity index (χ3v) is 4.34. The van der Waals surface area contributed by atoms with Gasteiger partial charge in [0.1, 0.15) is 0 Å². The first-order valence-electron chi connectivity index (χ1n) is 8.21. The number of carbonyl (C=O) groups excluding carboxylic acids is 1. The summed E-state index contributed by atoms with van der Waals surface area (Å²) in [6.07, 6.45) is 4.01. The zero-order valence-electron chi connectivity index (χ0n) is 14.1. The predicted molar refractivity (Wildman–Crippen MR) is 92.5 cm³/mol. The summed E-state index contributed by atoms with van der Waals surface area (Å²) in [5.41, 5.74) is 0.0985. The smallest absolute Gasteiger partial charge is 0.400 e. The fraction of sp³-hybridized carbons (Fsp3) is 0.294. The second kappa shape index (κ2) is 7.77. The van der Waals surface area contributed by atoms with Crippen molar-refractivity contribution in [2.45, 2.75) is 31.6 Å². The highest BCUT2D eigenvalue weighted by Crippen LogP contribution is 2.37. The molecule has 0 bridgehead atoms. The minimum atomic E-state index is -0.768. The maximum Gasteiger partial charge on any atom is 0.400 e. The van der Waals surface area contributed by atoms with Crippen molar-refractivity contribution in [3.8, 4) is 0 Å². The molecule has 0 amide bonds. The van der Waals surface area contributed by atoms with Gasteiger partial charge < -0.3 is 9.25 Å². The summed E-state index contributed by atoms with van der Waals surface area (Å²) in [6.45, 7) is 0. The normalized spacial score (nSPS) is 18.2. The first kappa shape index (κ1) is 18.2. The van der Waals surface area contributed by atoms with Crippen LogP contribution < -0.4 is 0 Å². The van der Waals surface area contributed by atoms with E-state index in [-0.39, 0.29) is 17.1 Å². The van der Waals surface area contributed by atoms with Crippen LogP contribution >= 0.6 is 0 Å². The van der Waals surface area contributed by atoms with E-state index in [9.17, 15) is 25.0 Å². The van der Waals surface area contributed by atoms with Crippen LogP contribution in [0.4, 0.5) is 11.4 Å². The Bertz CT molecular complexity index is 905. The first-order valence-corrected chi connectivity index (χ1v) is 8.21. The van der Waals surface area contributed by atoms with Crippen LogP contribution in [0.3, 0.4) is 0 Å². The molecule has 27 heavy (non-hydrogen) atoms. The van der Waals surface area contributed by atoms with Gasteiger partial charge in [-0.2, -0.15) is 0 Å².